The highest BCUT2D eigenvalue weighted by atomic mass is 32.2. The van der Waals surface area contributed by atoms with E-state index in [0.717, 1.165) is 0 Å². The van der Waals surface area contributed by atoms with E-state index in [1.165, 1.54) is 35.2 Å². The molecule has 1 aromatic heterocycles. The van der Waals surface area contributed by atoms with Crippen molar-refractivity contribution in [1.29, 1.82) is 0 Å². The van der Waals surface area contributed by atoms with Gasteiger partial charge in [-0.05, 0) is 31.4 Å². The summed E-state index contributed by atoms with van der Waals surface area (Å²) in [5, 5.41) is 2.89. The molecule has 1 unspecified atom stereocenters. The molecular formula is C13H13F3N2O2S2. The maximum absolute atomic E-state index is 12.1. The van der Waals surface area contributed by atoms with Gasteiger partial charge in [0, 0.05) is 0 Å². The molecule has 0 bridgehead atoms. The molecule has 120 valence electrons. The average Bonchev–Trinajstić information content (AvgIpc) is 2.84. The number of ether oxygens (including phenoxy) is 1. The van der Waals surface area contributed by atoms with Gasteiger partial charge in [0.25, 0.3) is 0 Å². The number of amides is 1. The van der Waals surface area contributed by atoms with E-state index in [-0.39, 0.29) is 16.9 Å². The highest BCUT2D eigenvalue weighted by Crippen LogP contribution is 2.30. The van der Waals surface area contributed by atoms with Gasteiger partial charge >= 0.3 is 6.18 Å². The molecule has 0 radical (unpaired) electrons. The molecule has 2 rings (SSSR count). The molecule has 0 aliphatic rings. The number of carbonyl (C=O) groups excluding carboxylic acids is 1. The summed E-state index contributed by atoms with van der Waals surface area (Å²) in [4.78, 5) is 16.0. The van der Waals surface area contributed by atoms with Crippen molar-refractivity contribution < 1.29 is 22.7 Å². The Hall–Kier alpha value is -1.48. The molecule has 0 saturated carbocycles. The number of aromatic nitrogens is 1. The molecule has 0 spiro atoms. The van der Waals surface area contributed by atoms with E-state index in [1.807, 2.05) is 6.26 Å². The number of rotatable bonds is 5. The van der Waals surface area contributed by atoms with Gasteiger partial charge in [0.1, 0.15) is 5.75 Å². The minimum Gasteiger partial charge on any atom is -0.484 e. The lowest BCUT2D eigenvalue weighted by atomic mass is 10.3. The van der Waals surface area contributed by atoms with Crippen molar-refractivity contribution in [2.24, 2.45) is 0 Å². The predicted molar refractivity (Wildman–Crippen MR) is 82.8 cm³/mol. The van der Waals surface area contributed by atoms with Crippen LogP contribution in [0.25, 0.3) is 10.2 Å². The van der Waals surface area contributed by atoms with E-state index in [4.69, 9.17) is 0 Å². The number of benzene rings is 1. The van der Waals surface area contributed by atoms with E-state index in [9.17, 15) is 18.0 Å². The van der Waals surface area contributed by atoms with E-state index in [1.54, 1.807) is 13.0 Å². The first kappa shape index (κ1) is 16.9. The molecule has 1 aromatic carbocycles. The number of halogens is 3. The lowest BCUT2D eigenvalue weighted by Crippen LogP contribution is -2.21. The molecule has 4 nitrogen and oxygen atoms in total. The van der Waals surface area contributed by atoms with Crippen LogP contribution in [0.5, 0.6) is 5.75 Å². The molecule has 0 saturated heterocycles. The van der Waals surface area contributed by atoms with E-state index in [0.29, 0.717) is 15.3 Å². The highest BCUT2D eigenvalue weighted by Gasteiger charge is 2.28. The second-order valence-corrected chi connectivity index (χ2v) is 6.63. The minimum absolute atomic E-state index is 0.115. The molecule has 0 aliphatic carbocycles. The van der Waals surface area contributed by atoms with Crippen LogP contribution in [-0.2, 0) is 4.79 Å². The average molecular weight is 350 g/mol. The standard InChI is InChI=1S/C13H13F3N2O2S2/c1-7(21-2)11(19)18-12-17-9-4-3-8(5-10(9)22-12)20-6-13(14,15)16/h3-5,7H,6H2,1-2H3,(H,17,18,19). The third-order valence-corrected chi connectivity index (χ3v) is 4.57. The first-order chi connectivity index (χ1) is 10.3. The van der Waals surface area contributed by atoms with E-state index in [2.05, 4.69) is 15.0 Å². The normalized spacial score (nSPS) is 13.1. The Morgan fingerprint density at radius 2 is 2.23 bits per heavy atom. The highest BCUT2D eigenvalue weighted by molar-refractivity contribution is 7.99. The number of hydrogen-bond donors (Lipinski definition) is 1. The second-order valence-electron chi connectivity index (χ2n) is 4.42. The van der Waals surface area contributed by atoms with Crippen LogP contribution in [0.4, 0.5) is 18.3 Å². The molecule has 1 amide bonds. The number of thiazole rings is 1. The Bertz CT molecular complexity index is 673. The predicted octanol–water partition coefficient (Wildman–Crippen LogP) is 3.93. The zero-order valence-corrected chi connectivity index (χ0v) is 13.4. The second kappa shape index (κ2) is 6.74. The van der Waals surface area contributed by atoms with Crippen LogP contribution in [0.15, 0.2) is 18.2 Å². The lowest BCUT2D eigenvalue weighted by Gasteiger charge is -2.08. The number of nitrogens with zero attached hydrogens (tertiary/aromatic N) is 1. The van der Waals surface area contributed by atoms with Crippen LogP contribution in [0.3, 0.4) is 0 Å². The zero-order chi connectivity index (χ0) is 16.3. The summed E-state index contributed by atoms with van der Waals surface area (Å²) in [5.74, 6) is -0.0519. The Morgan fingerprint density at radius 1 is 1.50 bits per heavy atom. The number of fused-ring (bicyclic) bond motifs is 1. The summed E-state index contributed by atoms with van der Waals surface area (Å²) < 4.78 is 41.7. The topological polar surface area (TPSA) is 51.2 Å². The first-order valence-electron chi connectivity index (χ1n) is 6.22. The van der Waals surface area contributed by atoms with Gasteiger partial charge in [-0.25, -0.2) is 4.98 Å². The van der Waals surface area contributed by atoms with Gasteiger partial charge in [-0.3, -0.25) is 4.79 Å². The maximum atomic E-state index is 12.1. The molecule has 2 aromatic rings. The Kier molecular flexibility index (Phi) is 5.17. The maximum Gasteiger partial charge on any atom is 0.422 e. The Balaban J connectivity index is 2.12. The Labute approximate surface area is 133 Å². The van der Waals surface area contributed by atoms with Crippen molar-refractivity contribution in [3.63, 3.8) is 0 Å². The van der Waals surface area contributed by atoms with Crippen molar-refractivity contribution in [3.05, 3.63) is 18.2 Å². The molecule has 22 heavy (non-hydrogen) atoms. The molecule has 9 heteroatoms. The summed E-state index contributed by atoms with van der Waals surface area (Å²) in [5.41, 5.74) is 0.594. The fourth-order valence-corrected chi connectivity index (χ4v) is 2.70. The lowest BCUT2D eigenvalue weighted by molar-refractivity contribution is -0.153. The van der Waals surface area contributed by atoms with Crippen LogP contribution in [0.2, 0.25) is 0 Å². The van der Waals surface area contributed by atoms with Gasteiger partial charge in [-0.1, -0.05) is 11.3 Å². The van der Waals surface area contributed by atoms with Crippen LogP contribution < -0.4 is 10.1 Å². The summed E-state index contributed by atoms with van der Waals surface area (Å²) >= 11 is 2.60. The monoisotopic (exact) mass is 350 g/mol. The van der Waals surface area contributed by atoms with E-state index >= 15 is 0 Å². The third-order valence-electron chi connectivity index (χ3n) is 2.72. The number of carbonyl (C=O) groups is 1. The number of alkyl halides is 3. The van der Waals surface area contributed by atoms with Crippen LogP contribution >= 0.6 is 23.1 Å². The number of thioether (sulfide) groups is 1. The third kappa shape index (κ3) is 4.51. The SMILES string of the molecule is CSC(C)C(=O)Nc1nc2ccc(OCC(F)(F)F)cc2s1. The van der Waals surface area contributed by atoms with Gasteiger partial charge in [0.05, 0.1) is 15.5 Å². The van der Waals surface area contributed by atoms with Crippen molar-refractivity contribution in [2.45, 2.75) is 18.3 Å². The van der Waals surface area contributed by atoms with Crippen LogP contribution in [0, 0.1) is 0 Å². The zero-order valence-electron chi connectivity index (χ0n) is 11.7. The van der Waals surface area contributed by atoms with Crippen molar-refractivity contribution in [1.82, 2.24) is 4.98 Å². The van der Waals surface area contributed by atoms with Gasteiger partial charge in [-0.15, -0.1) is 0 Å². The minimum atomic E-state index is -4.38. The van der Waals surface area contributed by atoms with Crippen LogP contribution in [0.1, 0.15) is 6.92 Å². The van der Waals surface area contributed by atoms with Gasteiger partial charge < -0.3 is 10.1 Å². The van der Waals surface area contributed by atoms with Crippen molar-refractivity contribution >= 4 is 44.4 Å². The van der Waals surface area contributed by atoms with Gasteiger partial charge in [0.2, 0.25) is 5.91 Å². The Morgan fingerprint density at radius 3 is 2.86 bits per heavy atom. The molecule has 1 heterocycles. The van der Waals surface area contributed by atoms with Crippen molar-refractivity contribution in [3.8, 4) is 5.75 Å². The van der Waals surface area contributed by atoms with Gasteiger partial charge in [-0.2, -0.15) is 24.9 Å². The summed E-state index contributed by atoms with van der Waals surface area (Å²) in [6.07, 6.45) is -2.55. The summed E-state index contributed by atoms with van der Waals surface area (Å²) in [6, 6.07) is 4.46. The van der Waals surface area contributed by atoms with E-state index < -0.39 is 12.8 Å². The molecular weight excluding hydrogens is 337 g/mol. The first-order valence-corrected chi connectivity index (χ1v) is 8.33. The molecule has 0 aliphatic heterocycles. The van der Waals surface area contributed by atoms with Crippen molar-refractivity contribution in [2.75, 3.05) is 18.2 Å². The smallest absolute Gasteiger partial charge is 0.422 e. The molecule has 1 atom stereocenters. The summed E-state index contributed by atoms with van der Waals surface area (Å²) in [6.45, 7) is 0.433. The fraction of sp³-hybridized carbons (Fsp3) is 0.385. The largest absolute Gasteiger partial charge is 0.484 e. The van der Waals surface area contributed by atoms with Crippen LogP contribution in [-0.4, -0.2) is 35.2 Å². The van der Waals surface area contributed by atoms with Gasteiger partial charge in [0.15, 0.2) is 11.7 Å². The quantitative estimate of drug-likeness (QED) is 0.888. The summed E-state index contributed by atoms with van der Waals surface area (Å²) in [7, 11) is 0. The fourth-order valence-electron chi connectivity index (χ4n) is 1.53. The number of nitrogens with one attached hydrogen (secondary N) is 1. The molecule has 1 N–H and O–H groups in total. The number of anilines is 1. The number of hydrogen-bond acceptors (Lipinski definition) is 5. The molecule has 0 fully saturated rings.